The second-order valence-electron chi connectivity index (χ2n) is 9.83. The SMILES string of the molecule is C=CC(=O)N1CCCC(n2nc(-c3ccc(CNS(=O)(=O)c4ccc(C)cc4C)cc3)c3c(N)ncnc32)C1. The van der Waals surface area contributed by atoms with E-state index >= 15 is 0 Å². The summed E-state index contributed by atoms with van der Waals surface area (Å²) in [6.07, 6.45) is 4.44. The Bertz CT molecular complexity index is 1660. The maximum atomic E-state index is 12.9. The maximum absolute atomic E-state index is 12.9. The fourth-order valence-electron chi connectivity index (χ4n) is 5.07. The van der Waals surface area contributed by atoms with E-state index in [2.05, 4.69) is 21.3 Å². The first-order valence-electron chi connectivity index (χ1n) is 12.7. The number of carbonyl (C=O) groups is 1. The highest BCUT2D eigenvalue weighted by atomic mass is 32.2. The highest BCUT2D eigenvalue weighted by molar-refractivity contribution is 7.89. The van der Waals surface area contributed by atoms with Crippen LogP contribution in [-0.2, 0) is 21.4 Å². The Morgan fingerprint density at radius 1 is 1.18 bits per heavy atom. The first-order valence-corrected chi connectivity index (χ1v) is 14.2. The van der Waals surface area contributed by atoms with Gasteiger partial charge in [0.2, 0.25) is 15.9 Å². The van der Waals surface area contributed by atoms with Crippen LogP contribution in [0, 0.1) is 13.8 Å². The molecule has 0 saturated carbocycles. The number of anilines is 1. The third-order valence-electron chi connectivity index (χ3n) is 7.06. The zero-order valence-electron chi connectivity index (χ0n) is 22.0. The lowest BCUT2D eigenvalue weighted by atomic mass is 10.1. The number of hydrogen-bond acceptors (Lipinski definition) is 7. The Kier molecular flexibility index (Phi) is 7.19. The number of hydrogen-bond donors (Lipinski definition) is 2. The molecular weight excluding hydrogens is 514 g/mol. The van der Waals surface area contributed by atoms with Crippen molar-refractivity contribution in [1.29, 1.82) is 0 Å². The third-order valence-corrected chi connectivity index (χ3v) is 8.62. The predicted octanol–water partition coefficient (Wildman–Crippen LogP) is 3.52. The number of aromatic nitrogens is 4. The molecule has 39 heavy (non-hydrogen) atoms. The third kappa shape index (κ3) is 5.27. The summed E-state index contributed by atoms with van der Waals surface area (Å²) in [5, 5.41) is 5.54. The Balaban J connectivity index is 1.41. The van der Waals surface area contributed by atoms with Gasteiger partial charge >= 0.3 is 0 Å². The van der Waals surface area contributed by atoms with Gasteiger partial charge in [0.05, 0.1) is 16.3 Å². The Morgan fingerprint density at radius 3 is 2.67 bits per heavy atom. The van der Waals surface area contributed by atoms with E-state index in [4.69, 9.17) is 10.8 Å². The van der Waals surface area contributed by atoms with Crippen LogP contribution < -0.4 is 10.5 Å². The number of likely N-dealkylation sites (tertiary alicyclic amines) is 1. The number of nitrogen functional groups attached to an aromatic ring is 1. The van der Waals surface area contributed by atoms with Crippen molar-refractivity contribution in [3.05, 3.63) is 78.1 Å². The fraction of sp³-hybridized carbons (Fsp3) is 0.286. The standard InChI is InChI=1S/C28H31N7O3S/c1-4-24(36)34-13-5-6-22(16-34)35-28-25(27(29)30-17-31-28)26(33-35)21-10-8-20(9-11-21)15-32-39(37,38)23-12-7-18(2)14-19(23)3/h4,7-12,14,17,22,32H,1,5-6,13,15-16H2,2-3H3,(H2,29,30,31). The molecule has 0 spiro atoms. The summed E-state index contributed by atoms with van der Waals surface area (Å²) in [7, 11) is -3.66. The van der Waals surface area contributed by atoms with E-state index in [9.17, 15) is 13.2 Å². The molecule has 0 bridgehead atoms. The number of nitrogens with two attached hydrogens (primary N) is 1. The van der Waals surface area contributed by atoms with Crippen LogP contribution in [0.4, 0.5) is 5.82 Å². The minimum atomic E-state index is -3.66. The quantitative estimate of drug-likeness (QED) is 0.339. The van der Waals surface area contributed by atoms with E-state index in [0.717, 1.165) is 29.5 Å². The zero-order valence-corrected chi connectivity index (χ0v) is 22.8. The van der Waals surface area contributed by atoms with Crippen molar-refractivity contribution >= 4 is 32.8 Å². The summed E-state index contributed by atoms with van der Waals surface area (Å²) < 4.78 is 30.3. The van der Waals surface area contributed by atoms with E-state index in [1.54, 1.807) is 24.0 Å². The smallest absolute Gasteiger partial charge is 0.246 e. The molecule has 1 atom stereocenters. The highest BCUT2D eigenvalue weighted by Crippen LogP contribution is 2.34. The molecule has 1 fully saturated rings. The lowest BCUT2D eigenvalue weighted by Gasteiger charge is -2.32. The first kappa shape index (κ1) is 26.5. The van der Waals surface area contributed by atoms with Crippen LogP contribution in [0.5, 0.6) is 0 Å². The first-order chi connectivity index (χ1) is 18.7. The van der Waals surface area contributed by atoms with Crippen LogP contribution >= 0.6 is 0 Å². The van der Waals surface area contributed by atoms with Gasteiger partial charge in [0.1, 0.15) is 17.8 Å². The van der Waals surface area contributed by atoms with Gasteiger partial charge in [-0.05, 0) is 50.0 Å². The minimum absolute atomic E-state index is 0.0629. The molecule has 2 aromatic carbocycles. The maximum Gasteiger partial charge on any atom is 0.246 e. The van der Waals surface area contributed by atoms with Crippen LogP contribution in [-0.4, -0.2) is 52.1 Å². The summed E-state index contributed by atoms with van der Waals surface area (Å²) in [5.74, 6) is 0.218. The second kappa shape index (κ2) is 10.6. The predicted molar refractivity (Wildman–Crippen MR) is 150 cm³/mol. The highest BCUT2D eigenvalue weighted by Gasteiger charge is 2.28. The summed E-state index contributed by atoms with van der Waals surface area (Å²) in [4.78, 5) is 22.9. The monoisotopic (exact) mass is 545 g/mol. The molecule has 1 amide bonds. The van der Waals surface area contributed by atoms with Gasteiger partial charge in [0.25, 0.3) is 0 Å². The molecular formula is C28H31N7O3S. The van der Waals surface area contributed by atoms with E-state index in [1.807, 2.05) is 41.9 Å². The molecule has 0 aliphatic carbocycles. The Morgan fingerprint density at radius 2 is 1.95 bits per heavy atom. The van der Waals surface area contributed by atoms with Crippen molar-refractivity contribution < 1.29 is 13.2 Å². The van der Waals surface area contributed by atoms with Crippen molar-refractivity contribution in [2.24, 2.45) is 0 Å². The Labute approximate surface area is 227 Å². The molecule has 5 rings (SSSR count). The lowest BCUT2D eigenvalue weighted by molar-refractivity contribution is -0.127. The van der Waals surface area contributed by atoms with Crippen LogP contribution in [0.15, 0.2) is 66.3 Å². The van der Waals surface area contributed by atoms with Crippen molar-refractivity contribution in [2.75, 3.05) is 18.8 Å². The molecule has 3 heterocycles. The van der Waals surface area contributed by atoms with Crippen LogP contribution in [0.1, 0.15) is 35.6 Å². The molecule has 1 saturated heterocycles. The molecule has 0 radical (unpaired) electrons. The van der Waals surface area contributed by atoms with Gasteiger partial charge in [0, 0.05) is 25.2 Å². The Hall–Kier alpha value is -4.09. The average molecular weight is 546 g/mol. The molecule has 202 valence electrons. The molecule has 3 N–H and O–H groups in total. The molecule has 1 aliphatic rings. The number of amides is 1. The summed E-state index contributed by atoms with van der Waals surface area (Å²) in [5.41, 5.74) is 10.8. The van der Waals surface area contributed by atoms with Gasteiger partial charge in [-0.2, -0.15) is 5.10 Å². The normalized spacial score (nSPS) is 15.9. The number of fused-ring (bicyclic) bond motifs is 1. The molecule has 4 aromatic rings. The number of sulfonamides is 1. The van der Waals surface area contributed by atoms with E-state index in [-0.39, 0.29) is 23.4 Å². The molecule has 10 nitrogen and oxygen atoms in total. The van der Waals surface area contributed by atoms with Gasteiger partial charge in [-0.3, -0.25) is 4.79 Å². The van der Waals surface area contributed by atoms with Crippen molar-refractivity contribution in [2.45, 2.75) is 44.2 Å². The second-order valence-corrected chi connectivity index (χ2v) is 11.6. The molecule has 1 unspecified atom stereocenters. The van der Waals surface area contributed by atoms with Gasteiger partial charge in [-0.25, -0.2) is 27.8 Å². The number of carbonyl (C=O) groups excluding carboxylic acids is 1. The van der Waals surface area contributed by atoms with Crippen LogP contribution in [0.25, 0.3) is 22.3 Å². The van der Waals surface area contributed by atoms with Gasteiger partial charge in [-0.1, -0.05) is 48.5 Å². The van der Waals surface area contributed by atoms with Gasteiger partial charge in [0.15, 0.2) is 5.65 Å². The van der Waals surface area contributed by atoms with E-state index < -0.39 is 10.0 Å². The molecule has 2 aromatic heterocycles. The number of nitrogens with one attached hydrogen (secondary N) is 1. The fourth-order valence-corrected chi connectivity index (χ4v) is 6.32. The van der Waals surface area contributed by atoms with Gasteiger partial charge in [-0.15, -0.1) is 0 Å². The summed E-state index contributed by atoms with van der Waals surface area (Å²) >= 11 is 0. The molecule has 1 aliphatic heterocycles. The topological polar surface area (TPSA) is 136 Å². The van der Waals surface area contributed by atoms with Crippen molar-refractivity contribution in [3.63, 3.8) is 0 Å². The molecule has 11 heteroatoms. The summed E-state index contributed by atoms with van der Waals surface area (Å²) in [6, 6.07) is 12.7. The number of piperidine rings is 1. The lowest BCUT2D eigenvalue weighted by Crippen LogP contribution is -2.40. The largest absolute Gasteiger partial charge is 0.383 e. The summed E-state index contributed by atoms with van der Waals surface area (Å²) in [6.45, 7) is 8.65. The van der Waals surface area contributed by atoms with Crippen LogP contribution in [0.3, 0.4) is 0 Å². The number of nitrogens with zero attached hydrogens (tertiary/aromatic N) is 5. The minimum Gasteiger partial charge on any atom is -0.383 e. The van der Waals surface area contributed by atoms with Crippen LogP contribution in [0.2, 0.25) is 0 Å². The van der Waals surface area contributed by atoms with E-state index in [1.165, 1.54) is 12.4 Å². The van der Waals surface area contributed by atoms with E-state index in [0.29, 0.717) is 41.2 Å². The average Bonchev–Trinajstić information content (AvgIpc) is 3.33. The zero-order chi connectivity index (χ0) is 27.7. The number of aryl methyl sites for hydroxylation is 2. The van der Waals surface area contributed by atoms with Crippen molar-refractivity contribution in [3.8, 4) is 11.3 Å². The number of rotatable bonds is 7. The number of benzene rings is 2. The van der Waals surface area contributed by atoms with Gasteiger partial charge < -0.3 is 10.6 Å². The van der Waals surface area contributed by atoms with Crippen molar-refractivity contribution in [1.82, 2.24) is 29.4 Å².